The SMILES string of the molecule is CCCCCCCCCOC(=O)C(=O)Nc1ccccc1CC. The molecule has 0 saturated heterocycles. The van der Waals surface area contributed by atoms with Gasteiger partial charge in [0.2, 0.25) is 0 Å². The molecule has 0 bridgehead atoms. The zero-order valence-corrected chi connectivity index (χ0v) is 14.4. The summed E-state index contributed by atoms with van der Waals surface area (Å²) >= 11 is 0. The number of esters is 1. The van der Waals surface area contributed by atoms with Crippen LogP contribution in [0.1, 0.15) is 64.4 Å². The molecule has 0 aromatic heterocycles. The van der Waals surface area contributed by atoms with Crippen LogP contribution in [0.4, 0.5) is 5.69 Å². The van der Waals surface area contributed by atoms with Gasteiger partial charge in [0.25, 0.3) is 0 Å². The monoisotopic (exact) mass is 319 g/mol. The summed E-state index contributed by atoms with van der Waals surface area (Å²) in [6, 6.07) is 7.46. The number of rotatable bonds is 10. The summed E-state index contributed by atoms with van der Waals surface area (Å²) in [6.45, 7) is 4.52. The third-order valence-electron chi connectivity index (χ3n) is 3.81. The Bertz CT molecular complexity index is 485. The first-order valence-electron chi connectivity index (χ1n) is 8.75. The van der Waals surface area contributed by atoms with Gasteiger partial charge in [-0.2, -0.15) is 0 Å². The first kappa shape index (κ1) is 19.2. The van der Waals surface area contributed by atoms with E-state index in [1.54, 1.807) is 6.07 Å². The highest BCUT2D eigenvalue weighted by Gasteiger charge is 2.16. The number of carbonyl (C=O) groups excluding carboxylic acids is 2. The number of anilines is 1. The van der Waals surface area contributed by atoms with E-state index < -0.39 is 11.9 Å². The molecule has 4 nitrogen and oxygen atoms in total. The maximum atomic E-state index is 11.8. The number of nitrogens with one attached hydrogen (secondary N) is 1. The first-order valence-corrected chi connectivity index (χ1v) is 8.75. The number of aryl methyl sites for hydroxylation is 1. The van der Waals surface area contributed by atoms with Crippen molar-refractivity contribution in [3.63, 3.8) is 0 Å². The maximum absolute atomic E-state index is 11.8. The van der Waals surface area contributed by atoms with Crippen LogP contribution in [0.15, 0.2) is 24.3 Å². The lowest BCUT2D eigenvalue weighted by molar-refractivity contribution is -0.152. The molecule has 1 N–H and O–H groups in total. The van der Waals surface area contributed by atoms with E-state index in [2.05, 4.69) is 12.2 Å². The van der Waals surface area contributed by atoms with Gasteiger partial charge in [-0.25, -0.2) is 4.79 Å². The van der Waals surface area contributed by atoms with Gasteiger partial charge in [0.05, 0.1) is 6.61 Å². The average Bonchev–Trinajstić information content (AvgIpc) is 2.57. The summed E-state index contributed by atoms with van der Waals surface area (Å²) in [5.74, 6) is -1.50. The van der Waals surface area contributed by atoms with Crippen LogP contribution in [-0.2, 0) is 20.7 Å². The zero-order chi connectivity index (χ0) is 16.9. The highest BCUT2D eigenvalue weighted by molar-refractivity contribution is 6.37. The third-order valence-corrected chi connectivity index (χ3v) is 3.81. The lowest BCUT2D eigenvalue weighted by Gasteiger charge is -2.09. The van der Waals surface area contributed by atoms with Crippen molar-refractivity contribution in [3.05, 3.63) is 29.8 Å². The van der Waals surface area contributed by atoms with Gasteiger partial charge in [-0.1, -0.05) is 70.6 Å². The van der Waals surface area contributed by atoms with Crippen LogP contribution in [0.25, 0.3) is 0 Å². The Kier molecular flexibility index (Phi) is 9.76. The fourth-order valence-corrected chi connectivity index (χ4v) is 2.41. The van der Waals surface area contributed by atoms with Crippen LogP contribution in [0.5, 0.6) is 0 Å². The quantitative estimate of drug-likeness (QED) is 0.393. The molecule has 0 heterocycles. The number of benzene rings is 1. The van der Waals surface area contributed by atoms with E-state index in [1.165, 1.54) is 25.7 Å². The minimum Gasteiger partial charge on any atom is -0.459 e. The lowest BCUT2D eigenvalue weighted by atomic mass is 10.1. The van der Waals surface area contributed by atoms with E-state index in [0.717, 1.165) is 31.2 Å². The summed E-state index contributed by atoms with van der Waals surface area (Å²) in [7, 11) is 0. The Hall–Kier alpha value is -1.84. The highest BCUT2D eigenvalue weighted by Crippen LogP contribution is 2.15. The van der Waals surface area contributed by atoms with Gasteiger partial charge in [0.15, 0.2) is 0 Å². The number of ether oxygens (including phenoxy) is 1. The second kappa shape index (κ2) is 11.7. The topological polar surface area (TPSA) is 55.4 Å². The molecular weight excluding hydrogens is 290 g/mol. The van der Waals surface area contributed by atoms with Gasteiger partial charge >= 0.3 is 11.9 Å². The van der Waals surface area contributed by atoms with Crippen LogP contribution >= 0.6 is 0 Å². The Labute approximate surface area is 139 Å². The number of hydrogen-bond donors (Lipinski definition) is 1. The molecule has 1 amide bonds. The number of hydrogen-bond acceptors (Lipinski definition) is 3. The molecule has 1 aromatic carbocycles. The standard InChI is InChI=1S/C19H29NO3/c1-3-5-6-7-8-9-12-15-23-19(22)18(21)20-17-14-11-10-13-16(17)4-2/h10-11,13-14H,3-9,12,15H2,1-2H3,(H,20,21). The van der Waals surface area contributed by atoms with Gasteiger partial charge in [-0.3, -0.25) is 4.79 Å². The Balaban J connectivity index is 2.20. The molecule has 0 aliphatic carbocycles. The average molecular weight is 319 g/mol. The molecule has 1 rings (SSSR count). The summed E-state index contributed by atoms with van der Waals surface area (Å²) < 4.78 is 5.03. The molecule has 0 saturated carbocycles. The van der Waals surface area contributed by atoms with Crippen molar-refractivity contribution in [2.75, 3.05) is 11.9 Å². The van der Waals surface area contributed by atoms with Crippen LogP contribution in [0.3, 0.4) is 0 Å². The molecular formula is C19H29NO3. The maximum Gasteiger partial charge on any atom is 0.397 e. The Morgan fingerprint density at radius 2 is 1.61 bits per heavy atom. The molecule has 0 aliphatic rings. The van der Waals surface area contributed by atoms with Gasteiger partial charge < -0.3 is 10.1 Å². The zero-order valence-electron chi connectivity index (χ0n) is 14.4. The largest absolute Gasteiger partial charge is 0.459 e. The Morgan fingerprint density at radius 3 is 2.30 bits per heavy atom. The van der Waals surface area contributed by atoms with Crippen molar-refractivity contribution < 1.29 is 14.3 Å². The van der Waals surface area contributed by atoms with Crippen molar-refractivity contribution in [3.8, 4) is 0 Å². The molecule has 0 unspecified atom stereocenters. The van der Waals surface area contributed by atoms with E-state index in [4.69, 9.17) is 4.74 Å². The van der Waals surface area contributed by atoms with Crippen molar-refractivity contribution in [2.45, 2.75) is 65.2 Å². The first-order chi connectivity index (χ1) is 11.2. The fraction of sp³-hybridized carbons (Fsp3) is 0.579. The molecule has 4 heteroatoms. The minimum absolute atomic E-state index is 0.315. The van der Waals surface area contributed by atoms with Crippen LogP contribution in [-0.4, -0.2) is 18.5 Å². The van der Waals surface area contributed by atoms with Crippen LogP contribution in [0, 0.1) is 0 Å². The molecule has 0 atom stereocenters. The van der Waals surface area contributed by atoms with Gasteiger partial charge in [-0.05, 0) is 24.5 Å². The van der Waals surface area contributed by atoms with E-state index in [9.17, 15) is 9.59 Å². The van der Waals surface area contributed by atoms with Crippen molar-refractivity contribution in [1.29, 1.82) is 0 Å². The molecule has 23 heavy (non-hydrogen) atoms. The lowest BCUT2D eigenvalue weighted by Crippen LogP contribution is -2.25. The predicted molar refractivity (Wildman–Crippen MR) is 93.4 cm³/mol. The van der Waals surface area contributed by atoms with Crippen LogP contribution < -0.4 is 5.32 Å². The van der Waals surface area contributed by atoms with E-state index >= 15 is 0 Å². The number of carbonyl (C=O) groups is 2. The molecule has 0 aliphatic heterocycles. The minimum atomic E-state index is -0.804. The summed E-state index contributed by atoms with van der Waals surface area (Å²) in [5.41, 5.74) is 1.67. The van der Waals surface area contributed by atoms with Crippen LogP contribution in [0.2, 0.25) is 0 Å². The van der Waals surface area contributed by atoms with E-state index in [-0.39, 0.29) is 0 Å². The number of amides is 1. The van der Waals surface area contributed by atoms with Gasteiger partial charge in [0, 0.05) is 5.69 Å². The summed E-state index contributed by atoms with van der Waals surface area (Å²) in [4.78, 5) is 23.5. The van der Waals surface area contributed by atoms with E-state index in [1.807, 2.05) is 25.1 Å². The third kappa shape index (κ3) is 7.82. The molecule has 0 fully saturated rings. The smallest absolute Gasteiger partial charge is 0.397 e. The number of para-hydroxylation sites is 1. The highest BCUT2D eigenvalue weighted by atomic mass is 16.5. The van der Waals surface area contributed by atoms with Crippen molar-refractivity contribution in [1.82, 2.24) is 0 Å². The summed E-state index contributed by atoms with van der Waals surface area (Å²) in [6.07, 6.45) is 8.85. The molecule has 0 radical (unpaired) electrons. The predicted octanol–water partition coefficient (Wildman–Crippen LogP) is 4.48. The summed E-state index contributed by atoms with van der Waals surface area (Å²) in [5, 5.41) is 2.62. The second-order valence-electron chi connectivity index (χ2n) is 5.72. The Morgan fingerprint density at radius 1 is 0.957 bits per heavy atom. The van der Waals surface area contributed by atoms with Crippen molar-refractivity contribution in [2.24, 2.45) is 0 Å². The molecule has 0 spiro atoms. The molecule has 128 valence electrons. The normalized spacial score (nSPS) is 10.3. The number of unbranched alkanes of at least 4 members (excludes halogenated alkanes) is 6. The van der Waals surface area contributed by atoms with Gasteiger partial charge in [0.1, 0.15) is 0 Å². The second-order valence-corrected chi connectivity index (χ2v) is 5.72. The fourth-order valence-electron chi connectivity index (χ4n) is 2.41. The van der Waals surface area contributed by atoms with Gasteiger partial charge in [-0.15, -0.1) is 0 Å². The van der Waals surface area contributed by atoms with Crippen molar-refractivity contribution >= 4 is 17.6 Å². The van der Waals surface area contributed by atoms with E-state index in [0.29, 0.717) is 12.3 Å². The molecule has 1 aromatic rings.